The first kappa shape index (κ1) is 57.8. The van der Waals surface area contributed by atoms with Crippen LogP contribution < -0.4 is 10.2 Å². The third-order valence-corrected chi connectivity index (χ3v) is 11.0. The quantitative estimate of drug-likeness (QED) is 0.0501. The van der Waals surface area contributed by atoms with Gasteiger partial charge >= 0.3 is 48.9 Å². The van der Waals surface area contributed by atoms with E-state index in [-0.39, 0.29) is 73.9 Å². The van der Waals surface area contributed by atoms with Crippen molar-refractivity contribution in [2.75, 3.05) is 0 Å². The van der Waals surface area contributed by atoms with E-state index in [1.807, 2.05) is 50.2 Å². The van der Waals surface area contributed by atoms with E-state index < -0.39 is 11.9 Å². The molecule has 0 amide bonds. The number of hydrogen-bond donors (Lipinski definition) is 2. The van der Waals surface area contributed by atoms with E-state index in [0.29, 0.717) is 25.4 Å². The first-order valence-corrected chi connectivity index (χ1v) is 23.3. The summed E-state index contributed by atoms with van der Waals surface area (Å²) in [7, 11) is 0. The van der Waals surface area contributed by atoms with Crippen LogP contribution in [-0.4, -0.2) is 95.4 Å². The molecule has 0 aliphatic rings. The van der Waals surface area contributed by atoms with Crippen LogP contribution in [0.1, 0.15) is 205 Å². The predicted molar refractivity (Wildman–Crippen MR) is 238 cm³/mol. The van der Waals surface area contributed by atoms with Crippen LogP contribution >= 0.6 is 0 Å². The van der Waals surface area contributed by atoms with E-state index in [4.69, 9.17) is 9.47 Å². The van der Waals surface area contributed by atoms with Gasteiger partial charge in [0.2, 0.25) is 0 Å². The van der Waals surface area contributed by atoms with Gasteiger partial charge in [0.1, 0.15) is 0 Å². The molecule has 0 aliphatic carbocycles. The number of benzene rings is 2. The van der Waals surface area contributed by atoms with Gasteiger partial charge in [-0.15, -0.1) is 0 Å². The van der Waals surface area contributed by atoms with E-state index in [1.165, 1.54) is 24.0 Å². The third-order valence-electron chi connectivity index (χ3n) is 11.0. The van der Waals surface area contributed by atoms with Crippen molar-refractivity contribution >= 4 is 60.8 Å². The number of carboxylic acids is 2. The molecule has 4 unspecified atom stereocenters. The van der Waals surface area contributed by atoms with Crippen LogP contribution in [0.3, 0.4) is 0 Å². The Balaban J connectivity index is 0.00000112. The van der Waals surface area contributed by atoms with Gasteiger partial charge in [0.25, 0.3) is 0 Å². The van der Waals surface area contributed by atoms with Gasteiger partial charge in [-0.2, -0.15) is 0 Å². The number of hydrogen-bond acceptors (Lipinski definition) is 8. The molecule has 0 aromatic heterocycles. The van der Waals surface area contributed by atoms with Crippen LogP contribution in [0.25, 0.3) is 0 Å². The van der Waals surface area contributed by atoms with Crippen molar-refractivity contribution in [1.82, 2.24) is 0 Å². The maximum Gasteiger partial charge on any atom is 2.00 e. The molecule has 0 bridgehead atoms. The molecular formula is C50H82BaO8. The molecule has 59 heavy (non-hydrogen) atoms. The number of aliphatic carboxylic acids is 2. The molecule has 2 aromatic rings. The molecule has 0 fully saturated rings. The van der Waals surface area contributed by atoms with Gasteiger partial charge < -0.3 is 39.5 Å². The number of carbonyl (C=O) groups excluding carboxylic acids is 2. The summed E-state index contributed by atoms with van der Waals surface area (Å²) in [6.45, 7) is 5.40. The fraction of sp³-hybridized carbons (Fsp3) is 0.720. The first-order valence-electron chi connectivity index (χ1n) is 23.3. The summed E-state index contributed by atoms with van der Waals surface area (Å²) in [5.41, 5.74) is 2.44. The molecule has 0 heterocycles. The zero-order valence-corrected chi connectivity index (χ0v) is 41.8. The molecule has 0 aliphatic heterocycles. The van der Waals surface area contributed by atoms with Crippen molar-refractivity contribution in [1.29, 1.82) is 0 Å². The standard InChI is InChI=1S/2C25H42O4.Ba/c2*1-2-23(26)17-11-8-13-19-24(29-21-22-15-9-7-10-16-22)18-12-5-3-4-6-14-20-25(27)28;/h2*7,9-10,15-16,23-24,26H,2-6,8,11-14,17-21H2,1H3,(H,27,28);/q;;+2/p-2. The second-order valence-corrected chi connectivity index (χ2v) is 16.3. The molecule has 9 heteroatoms. The average Bonchev–Trinajstić information content (AvgIpc) is 3.23. The first-order chi connectivity index (χ1) is 28.2. The summed E-state index contributed by atoms with van der Waals surface area (Å²) in [6, 6.07) is 20.7. The molecule has 8 nitrogen and oxygen atoms in total. The van der Waals surface area contributed by atoms with Gasteiger partial charge in [-0.05, 0) is 88.2 Å². The van der Waals surface area contributed by atoms with Crippen molar-refractivity contribution in [2.24, 2.45) is 0 Å². The summed E-state index contributed by atoms with van der Waals surface area (Å²) >= 11 is 0. The smallest absolute Gasteiger partial charge is 0.550 e. The topological polar surface area (TPSA) is 139 Å². The molecular weight excluding hydrogens is 866 g/mol. The SMILES string of the molecule is CCC(O)CCCCCC(CCCCCCCCC(=O)[O-])OCc1ccccc1.CCC(O)CCCCCC(CCCCCCCCC(=O)[O-])OCc1ccccc1.[Ba+2]. The van der Waals surface area contributed by atoms with Gasteiger partial charge in [0, 0.05) is 11.9 Å². The second kappa shape index (κ2) is 42.1. The summed E-state index contributed by atoms with van der Waals surface area (Å²) in [6.07, 6.45) is 27.9. The number of aliphatic hydroxyl groups excluding tert-OH is 2. The molecule has 0 saturated heterocycles. The Morgan fingerprint density at radius 3 is 1.03 bits per heavy atom. The fourth-order valence-corrected chi connectivity index (χ4v) is 7.16. The van der Waals surface area contributed by atoms with E-state index >= 15 is 0 Å². The molecule has 4 atom stereocenters. The molecule has 0 spiro atoms. The summed E-state index contributed by atoms with van der Waals surface area (Å²) < 4.78 is 12.5. The molecule has 2 aromatic carbocycles. The largest absolute Gasteiger partial charge is 2.00 e. The monoisotopic (exact) mass is 949 g/mol. The van der Waals surface area contributed by atoms with Crippen LogP contribution in [0.5, 0.6) is 0 Å². The van der Waals surface area contributed by atoms with Crippen LogP contribution in [0, 0.1) is 0 Å². The van der Waals surface area contributed by atoms with Gasteiger partial charge in [-0.25, -0.2) is 0 Å². The summed E-state index contributed by atoms with van der Waals surface area (Å²) in [4.78, 5) is 20.8. The third kappa shape index (κ3) is 38.2. The Morgan fingerprint density at radius 1 is 0.458 bits per heavy atom. The Bertz CT molecular complexity index is 1110. The summed E-state index contributed by atoms with van der Waals surface area (Å²) in [5, 5.41) is 40.2. The molecule has 2 rings (SSSR count). The van der Waals surface area contributed by atoms with Crippen molar-refractivity contribution in [2.45, 2.75) is 231 Å². The minimum absolute atomic E-state index is 0. The number of carboxylic acid groups (broad SMARTS) is 2. The zero-order valence-electron chi connectivity index (χ0n) is 37.3. The van der Waals surface area contributed by atoms with Gasteiger partial charge in [0.15, 0.2) is 0 Å². The zero-order chi connectivity index (χ0) is 42.3. The second-order valence-electron chi connectivity index (χ2n) is 16.3. The van der Waals surface area contributed by atoms with Crippen molar-refractivity contribution < 1.29 is 39.5 Å². The number of aliphatic hydroxyl groups is 2. The average molecular weight is 949 g/mol. The molecule has 2 N–H and O–H groups in total. The van der Waals surface area contributed by atoms with E-state index in [1.54, 1.807) is 0 Å². The minimum atomic E-state index is -0.937. The Labute approximate surface area is 400 Å². The molecule has 0 radical (unpaired) electrons. The number of rotatable bonds is 38. The minimum Gasteiger partial charge on any atom is -0.550 e. The maximum absolute atomic E-state index is 10.4. The Morgan fingerprint density at radius 2 is 0.729 bits per heavy atom. The van der Waals surface area contributed by atoms with Crippen LogP contribution in [0.15, 0.2) is 60.7 Å². The van der Waals surface area contributed by atoms with E-state index in [2.05, 4.69) is 24.3 Å². The number of carbonyl (C=O) groups is 2. The molecule has 0 saturated carbocycles. The van der Waals surface area contributed by atoms with E-state index in [0.717, 1.165) is 154 Å². The normalized spacial score (nSPS) is 13.1. The van der Waals surface area contributed by atoms with Crippen LogP contribution in [-0.2, 0) is 32.3 Å². The van der Waals surface area contributed by atoms with Crippen molar-refractivity contribution in [3.05, 3.63) is 71.8 Å². The van der Waals surface area contributed by atoms with Crippen molar-refractivity contribution in [3.8, 4) is 0 Å². The Kier molecular flexibility index (Phi) is 41.2. The van der Waals surface area contributed by atoms with Crippen molar-refractivity contribution in [3.63, 3.8) is 0 Å². The Hall–Kier alpha value is -1.21. The van der Waals surface area contributed by atoms with Gasteiger partial charge in [-0.1, -0.05) is 177 Å². The van der Waals surface area contributed by atoms with Gasteiger partial charge in [0.05, 0.1) is 37.6 Å². The number of ether oxygens (including phenoxy) is 2. The van der Waals surface area contributed by atoms with E-state index in [9.17, 15) is 30.0 Å². The fourth-order valence-electron chi connectivity index (χ4n) is 7.16. The summed E-state index contributed by atoms with van der Waals surface area (Å²) in [5.74, 6) is -1.87. The van der Waals surface area contributed by atoms with Crippen LogP contribution in [0.4, 0.5) is 0 Å². The predicted octanol–water partition coefficient (Wildman–Crippen LogP) is 9.95. The van der Waals surface area contributed by atoms with Gasteiger partial charge in [-0.3, -0.25) is 0 Å². The van der Waals surface area contributed by atoms with Crippen LogP contribution in [0.2, 0.25) is 0 Å². The maximum atomic E-state index is 10.4. The number of unbranched alkanes of at least 4 members (excludes halogenated alkanes) is 14. The molecule has 332 valence electrons.